The lowest BCUT2D eigenvalue weighted by Crippen LogP contribution is -2.57. The monoisotopic (exact) mass is 587 g/mol. The number of carbonyl (C=O) groups is 1. The maximum Gasteiger partial charge on any atom is 0.261 e. The van der Waals surface area contributed by atoms with Crippen LogP contribution < -0.4 is 16.2 Å². The Hall–Kier alpha value is -4.60. The molecule has 1 amide bonds. The van der Waals surface area contributed by atoms with Gasteiger partial charge in [0.15, 0.2) is 5.82 Å². The average Bonchev–Trinajstić information content (AvgIpc) is 3.33. The number of amides is 1. The number of nitrogens with two attached hydrogens (primary N) is 1. The van der Waals surface area contributed by atoms with Crippen molar-refractivity contribution in [3.63, 3.8) is 0 Å². The molecule has 0 radical (unpaired) electrons. The van der Waals surface area contributed by atoms with E-state index in [1.165, 1.54) is 28.8 Å². The Morgan fingerprint density at radius 3 is 2.53 bits per heavy atom. The molecule has 222 valence electrons. The highest BCUT2D eigenvalue weighted by atomic mass is 19.1. The lowest BCUT2D eigenvalue weighted by Gasteiger charge is -2.43. The van der Waals surface area contributed by atoms with Gasteiger partial charge in [-0.2, -0.15) is 0 Å². The molecule has 2 atom stereocenters. The minimum absolute atomic E-state index is 0.135. The van der Waals surface area contributed by atoms with Gasteiger partial charge in [0.05, 0.1) is 34.2 Å². The van der Waals surface area contributed by atoms with Crippen LogP contribution in [-0.2, 0) is 11.2 Å². The van der Waals surface area contributed by atoms with E-state index in [1.54, 1.807) is 24.1 Å². The topological polar surface area (TPSA) is 84.5 Å². The first-order valence-corrected chi connectivity index (χ1v) is 14.3. The van der Waals surface area contributed by atoms with Crippen molar-refractivity contribution in [1.82, 2.24) is 14.5 Å². The van der Waals surface area contributed by atoms with Crippen molar-refractivity contribution in [2.45, 2.75) is 52.1 Å². The van der Waals surface area contributed by atoms with E-state index in [1.807, 2.05) is 25.7 Å². The predicted octanol–water partition coefficient (Wildman–Crippen LogP) is 5.63. The van der Waals surface area contributed by atoms with E-state index in [2.05, 4.69) is 11.6 Å². The Labute approximate surface area is 247 Å². The van der Waals surface area contributed by atoms with Crippen LogP contribution in [0.15, 0.2) is 54.0 Å². The minimum Gasteiger partial charge on any atom is -0.398 e. The van der Waals surface area contributed by atoms with E-state index in [4.69, 9.17) is 5.73 Å². The number of hydrogen-bond donors (Lipinski definition) is 1. The van der Waals surface area contributed by atoms with Gasteiger partial charge < -0.3 is 15.5 Å². The Balaban J connectivity index is 1.74. The number of nitrogen functional groups attached to an aromatic ring is 1. The van der Waals surface area contributed by atoms with Crippen molar-refractivity contribution in [3.05, 3.63) is 93.8 Å². The Morgan fingerprint density at radius 2 is 1.86 bits per heavy atom. The zero-order valence-corrected chi connectivity index (χ0v) is 24.4. The van der Waals surface area contributed by atoms with Gasteiger partial charge >= 0.3 is 0 Å². The number of nitrogens with zero attached hydrogens (tertiary/aromatic N) is 4. The van der Waals surface area contributed by atoms with E-state index in [9.17, 15) is 9.59 Å². The standard InChI is InChI=1S/C33H32F3N5O2/c1-6-25(42)39-15-19-12-21-31(40(19)14-18(39)5)20-13-23(35)27(26-22(34)8-7-9-24(26)37)28(36)32(20)41(33(21)43)30-17(4)10-11-38-29(30)16(2)3/h6-11,13,16,18-19H,1,12,14-15,37H2,2-5H3. The molecule has 0 bridgehead atoms. The molecular formula is C33H32F3N5O2. The predicted molar refractivity (Wildman–Crippen MR) is 162 cm³/mol. The van der Waals surface area contributed by atoms with Crippen LogP contribution in [0.25, 0.3) is 27.7 Å². The summed E-state index contributed by atoms with van der Waals surface area (Å²) in [5, 5.41) is 0.180. The van der Waals surface area contributed by atoms with Crippen molar-refractivity contribution in [2.24, 2.45) is 0 Å². The summed E-state index contributed by atoms with van der Waals surface area (Å²) in [6.45, 7) is 11.8. The van der Waals surface area contributed by atoms with Crippen LogP contribution in [0.3, 0.4) is 0 Å². The first kappa shape index (κ1) is 28.5. The van der Waals surface area contributed by atoms with Gasteiger partial charge in [-0.3, -0.25) is 19.1 Å². The summed E-state index contributed by atoms with van der Waals surface area (Å²) in [7, 11) is 0. The molecule has 2 aliphatic heterocycles. The molecule has 2 unspecified atom stereocenters. The van der Waals surface area contributed by atoms with Crippen LogP contribution in [0.1, 0.15) is 43.5 Å². The molecule has 1 fully saturated rings. The summed E-state index contributed by atoms with van der Waals surface area (Å²) >= 11 is 0. The number of anilines is 2. The van der Waals surface area contributed by atoms with Crippen molar-refractivity contribution < 1.29 is 18.0 Å². The first-order valence-electron chi connectivity index (χ1n) is 14.3. The number of hydrogen-bond acceptors (Lipinski definition) is 5. The second-order valence-corrected chi connectivity index (χ2v) is 11.7. The number of aryl methyl sites for hydroxylation is 1. The normalized spacial score (nSPS) is 17.9. The second-order valence-electron chi connectivity index (χ2n) is 11.7. The highest BCUT2D eigenvalue weighted by Gasteiger charge is 2.42. The van der Waals surface area contributed by atoms with Crippen LogP contribution >= 0.6 is 0 Å². The summed E-state index contributed by atoms with van der Waals surface area (Å²) in [4.78, 5) is 35.4. The van der Waals surface area contributed by atoms with E-state index >= 15 is 13.2 Å². The van der Waals surface area contributed by atoms with Crippen LogP contribution in [0, 0.1) is 24.4 Å². The largest absolute Gasteiger partial charge is 0.398 e. The van der Waals surface area contributed by atoms with Crippen molar-refractivity contribution >= 4 is 28.2 Å². The third-order valence-electron chi connectivity index (χ3n) is 8.66. The number of carbonyl (C=O) groups excluding carboxylic acids is 1. The Kier molecular flexibility index (Phi) is 6.82. The van der Waals surface area contributed by atoms with Crippen LogP contribution in [-0.4, -0.2) is 45.5 Å². The fourth-order valence-electron chi connectivity index (χ4n) is 6.70. The van der Waals surface area contributed by atoms with E-state index in [-0.39, 0.29) is 46.9 Å². The van der Waals surface area contributed by atoms with Crippen LogP contribution in [0.2, 0.25) is 0 Å². The minimum atomic E-state index is -1.10. The fraction of sp³-hybridized carbons (Fsp3) is 0.303. The van der Waals surface area contributed by atoms with Crippen molar-refractivity contribution in [1.29, 1.82) is 0 Å². The molecule has 0 aliphatic carbocycles. The van der Waals surface area contributed by atoms with Crippen molar-refractivity contribution in [3.8, 4) is 16.8 Å². The second kappa shape index (κ2) is 10.3. The third-order valence-corrected chi connectivity index (χ3v) is 8.66. The molecule has 0 spiro atoms. The highest BCUT2D eigenvalue weighted by molar-refractivity contribution is 6.00. The summed E-state index contributed by atoms with van der Waals surface area (Å²) in [5.74, 6) is -3.34. The lowest BCUT2D eigenvalue weighted by molar-refractivity contribution is -0.128. The molecule has 4 aromatic rings. The SMILES string of the molecule is C=CC(=O)N1CC2Cc3c(c4cc(F)c(-c5c(N)cccc5F)c(F)c4n(-c4c(C)ccnc4C(C)C)c3=O)N2CC1C. The van der Waals surface area contributed by atoms with E-state index in [0.29, 0.717) is 41.3 Å². The maximum absolute atomic E-state index is 17.0. The number of fused-ring (bicyclic) bond motifs is 5. The molecule has 4 heterocycles. The number of halogens is 3. The number of rotatable bonds is 4. The lowest BCUT2D eigenvalue weighted by atomic mass is 9.97. The zero-order chi connectivity index (χ0) is 30.9. The molecular weight excluding hydrogens is 555 g/mol. The Morgan fingerprint density at radius 1 is 1.12 bits per heavy atom. The van der Waals surface area contributed by atoms with Crippen molar-refractivity contribution in [2.75, 3.05) is 23.7 Å². The number of benzene rings is 2. The smallest absolute Gasteiger partial charge is 0.261 e. The highest BCUT2D eigenvalue weighted by Crippen LogP contribution is 2.44. The first-order chi connectivity index (χ1) is 20.5. The molecule has 2 aliphatic rings. The van der Waals surface area contributed by atoms with Crippen LogP contribution in [0.4, 0.5) is 24.5 Å². The molecule has 6 rings (SSSR count). The van der Waals surface area contributed by atoms with E-state index < -0.39 is 34.1 Å². The van der Waals surface area contributed by atoms with E-state index in [0.717, 1.165) is 6.07 Å². The molecule has 2 aromatic carbocycles. The molecule has 10 heteroatoms. The summed E-state index contributed by atoms with van der Waals surface area (Å²) in [6, 6.07) is 6.19. The van der Waals surface area contributed by atoms with Gasteiger partial charge in [-0.25, -0.2) is 13.2 Å². The molecule has 1 saturated heterocycles. The Bertz CT molecular complexity index is 1880. The molecule has 7 nitrogen and oxygen atoms in total. The van der Waals surface area contributed by atoms with Gasteiger partial charge in [0, 0.05) is 53.9 Å². The number of aromatic nitrogens is 2. The summed E-state index contributed by atoms with van der Waals surface area (Å²) in [6.07, 6.45) is 3.17. The zero-order valence-electron chi connectivity index (χ0n) is 24.4. The summed E-state index contributed by atoms with van der Waals surface area (Å²) < 4.78 is 49.5. The van der Waals surface area contributed by atoms with Gasteiger partial charge in [-0.15, -0.1) is 0 Å². The molecule has 2 aromatic heterocycles. The van der Waals surface area contributed by atoms with Crippen LogP contribution in [0.5, 0.6) is 0 Å². The molecule has 43 heavy (non-hydrogen) atoms. The third kappa shape index (κ3) is 4.22. The molecule has 2 N–H and O–H groups in total. The summed E-state index contributed by atoms with van der Waals surface area (Å²) in [5.41, 5.74) is 6.66. The maximum atomic E-state index is 17.0. The van der Waals surface area contributed by atoms with Gasteiger partial charge in [0.1, 0.15) is 11.6 Å². The average molecular weight is 588 g/mol. The fourth-order valence-corrected chi connectivity index (χ4v) is 6.70. The van der Waals surface area contributed by atoms with Gasteiger partial charge in [0.2, 0.25) is 5.91 Å². The van der Waals surface area contributed by atoms with Gasteiger partial charge in [0.25, 0.3) is 5.56 Å². The van der Waals surface area contributed by atoms with Gasteiger partial charge in [-0.05, 0) is 55.7 Å². The number of pyridine rings is 2. The van der Waals surface area contributed by atoms with Gasteiger partial charge in [-0.1, -0.05) is 26.5 Å². The quantitative estimate of drug-likeness (QED) is 0.247. The number of piperazine rings is 1. The molecule has 0 saturated carbocycles.